The summed E-state index contributed by atoms with van der Waals surface area (Å²) >= 11 is 0. The van der Waals surface area contributed by atoms with Crippen LogP contribution >= 0.6 is 0 Å². The van der Waals surface area contributed by atoms with Crippen molar-refractivity contribution in [1.29, 1.82) is 0 Å². The van der Waals surface area contributed by atoms with Crippen LogP contribution in [0.3, 0.4) is 0 Å². The molecule has 0 bridgehead atoms. The number of ether oxygens (including phenoxy) is 1. The molecule has 1 aliphatic carbocycles. The Kier molecular flexibility index (Phi) is 15.8. The highest BCUT2D eigenvalue weighted by Crippen LogP contribution is 2.42. The first-order chi connectivity index (χ1) is 36.7. The highest BCUT2D eigenvalue weighted by atomic mass is 19.4. The minimum atomic E-state index is -6.13. The van der Waals surface area contributed by atoms with Crippen LogP contribution in [0.25, 0.3) is 6.08 Å². The molecule has 1 heterocycles. The molecule has 0 saturated carbocycles. The fourth-order valence-corrected chi connectivity index (χ4v) is 8.90. The third-order valence-corrected chi connectivity index (χ3v) is 12.4. The SMILES string of the molecule is C1=CC(Oc2cncc[n+]2Cc2ccccc2)c2ccccc21.FC(F)(F)c1cc([B-](c2cc(C(F)(F)F)cc(C(F)(F)F)c2)(c2cc(C(F)(F)F)cc(C(F)(F)F)c2)c2cc(C(F)(F)F)cc(C(F)(F)F)c2)cc(C(F)(F)F)c1. The summed E-state index contributed by atoms with van der Waals surface area (Å²) < 4.78 is 349. The van der Waals surface area contributed by atoms with E-state index < -0.39 is 195 Å². The van der Waals surface area contributed by atoms with Gasteiger partial charge in [-0.3, -0.25) is 0 Å². The largest absolute Gasteiger partial charge is 0.431 e. The lowest BCUT2D eigenvalue weighted by molar-refractivity contribution is -0.694. The van der Waals surface area contributed by atoms with Crippen molar-refractivity contribution in [3.63, 3.8) is 0 Å². The van der Waals surface area contributed by atoms with Crippen molar-refractivity contribution >= 4 is 34.1 Å². The molecule has 8 rings (SSSR count). The highest BCUT2D eigenvalue weighted by molar-refractivity contribution is 7.20. The minimum Gasteiger partial charge on any atom is -0.431 e. The first-order valence-electron chi connectivity index (χ1n) is 22.3. The molecule has 7 aromatic rings. The summed E-state index contributed by atoms with van der Waals surface area (Å²) in [6, 6.07) is 9.85. The lowest BCUT2D eigenvalue weighted by atomic mass is 9.12. The summed E-state index contributed by atoms with van der Waals surface area (Å²) in [6.07, 6.45) is -45.2. The normalized spacial score (nSPS) is 14.6. The average Bonchev–Trinajstić information content (AvgIpc) is 3.76. The Morgan fingerprint density at radius 1 is 0.400 bits per heavy atom. The van der Waals surface area contributed by atoms with Crippen molar-refractivity contribution < 1.29 is 115 Å². The zero-order chi connectivity index (χ0) is 59.4. The average molecular weight is 1160 g/mol. The number of aromatic nitrogens is 2. The molecule has 1 aromatic heterocycles. The van der Waals surface area contributed by atoms with Crippen LogP contribution < -0.4 is 31.2 Å². The van der Waals surface area contributed by atoms with Gasteiger partial charge in [-0.1, -0.05) is 109 Å². The van der Waals surface area contributed by atoms with Crippen LogP contribution in [0.5, 0.6) is 5.88 Å². The first kappa shape index (κ1) is 60.0. The minimum absolute atomic E-state index is 0.0579. The third kappa shape index (κ3) is 13.3. The Labute approximate surface area is 434 Å². The molecule has 3 nitrogen and oxygen atoms in total. The Morgan fingerprint density at radius 3 is 1.04 bits per heavy atom. The molecule has 6 aromatic carbocycles. The number of nitrogens with zero attached hydrogens (tertiary/aromatic N) is 2. The quantitative estimate of drug-likeness (QED) is 0.0861. The summed E-state index contributed by atoms with van der Waals surface area (Å²) in [5.41, 5.74) is -26.6. The number of alkyl halides is 24. The maximum absolute atomic E-state index is 14.2. The fraction of sp³-hybridized carbons (Fsp3) is 0.192. The number of hydrogen-bond acceptors (Lipinski definition) is 2. The summed E-state index contributed by atoms with van der Waals surface area (Å²) in [5, 5.41) is 0. The van der Waals surface area contributed by atoms with E-state index in [1.54, 1.807) is 12.4 Å². The van der Waals surface area contributed by atoms with Gasteiger partial charge in [-0.15, -0.1) is 0 Å². The van der Waals surface area contributed by atoms with Crippen molar-refractivity contribution in [2.75, 3.05) is 0 Å². The van der Waals surface area contributed by atoms with E-state index in [9.17, 15) is 105 Å². The maximum Gasteiger partial charge on any atom is 0.416 e. The van der Waals surface area contributed by atoms with Crippen molar-refractivity contribution in [1.82, 2.24) is 4.98 Å². The first-order valence-corrected chi connectivity index (χ1v) is 22.3. The zero-order valence-corrected chi connectivity index (χ0v) is 39.2. The lowest BCUT2D eigenvalue weighted by Gasteiger charge is -2.46. The number of halogens is 24. The molecule has 0 saturated heterocycles. The molecule has 0 amide bonds. The van der Waals surface area contributed by atoms with Crippen molar-refractivity contribution in [3.05, 3.63) is 213 Å². The van der Waals surface area contributed by atoms with Crippen LogP contribution in [0.4, 0.5) is 105 Å². The Bertz CT molecular complexity index is 2970. The molecular formula is C52H29BF24N2O. The molecule has 424 valence electrons. The van der Waals surface area contributed by atoms with Gasteiger partial charge in [0.25, 0.3) is 0 Å². The van der Waals surface area contributed by atoms with Crippen LogP contribution in [-0.2, 0) is 56.0 Å². The Balaban J connectivity index is 0.000000329. The summed E-state index contributed by atoms with van der Waals surface area (Å²) in [5.74, 6) is 0.766. The van der Waals surface area contributed by atoms with Crippen molar-refractivity contribution in [2.45, 2.75) is 62.1 Å². The molecular weight excluding hydrogens is 1140 g/mol. The summed E-state index contributed by atoms with van der Waals surface area (Å²) in [4.78, 5) is 4.22. The third-order valence-electron chi connectivity index (χ3n) is 12.4. The van der Waals surface area contributed by atoms with E-state index in [2.05, 4.69) is 46.0 Å². The van der Waals surface area contributed by atoms with Gasteiger partial charge in [0.05, 0.1) is 50.7 Å². The summed E-state index contributed by atoms with van der Waals surface area (Å²) in [6.45, 7) is 0.761. The number of rotatable bonds is 8. The molecule has 1 unspecified atom stereocenters. The monoisotopic (exact) mass is 1160 g/mol. The van der Waals surface area contributed by atoms with Gasteiger partial charge in [-0.25, -0.2) is 4.98 Å². The van der Waals surface area contributed by atoms with Crippen molar-refractivity contribution in [3.8, 4) is 5.88 Å². The number of benzene rings is 6. The Hall–Kier alpha value is -7.68. The van der Waals surface area contributed by atoms with Crippen LogP contribution in [0.1, 0.15) is 67.3 Å². The van der Waals surface area contributed by atoms with Crippen LogP contribution in [0.2, 0.25) is 0 Å². The van der Waals surface area contributed by atoms with E-state index in [0.29, 0.717) is 0 Å². The molecule has 1 atom stereocenters. The summed E-state index contributed by atoms with van der Waals surface area (Å²) in [7, 11) is 0. The van der Waals surface area contributed by atoms with Gasteiger partial charge in [-0.2, -0.15) is 132 Å². The highest BCUT2D eigenvalue weighted by Gasteiger charge is 2.47. The van der Waals surface area contributed by atoms with Gasteiger partial charge in [0.2, 0.25) is 0 Å². The van der Waals surface area contributed by atoms with Gasteiger partial charge in [0.1, 0.15) is 18.4 Å². The second kappa shape index (κ2) is 21.1. The topological polar surface area (TPSA) is 26.0 Å². The van der Waals surface area contributed by atoms with Crippen LogP contribution in [0.15, 0.2) is 152 Å². The molecule has 1 aliphatic rings. The lowest BCUT2D eigenvalue weighted by Crippen LogP contribution is -2.75. The van der Waals surface area contributed by atoms with E-state index in [4.69, 9.17) is 4.74 Å². The Morgan fingerprint density at radius 2 is 0.713 bits per heavy atom. The molecule has 80 heavy (non-hydrogen) atoms. The van der Waals surface area contributed by atoms with Crippen LogP contribution in [-0.4, -0.2) is 11.1 Å². The second-order valence-corrected chi connectivity index (χ2v) is 17.8. The molecule has 0 spiro atoms. The van der Waals surface area contributed by atoms with E-state index in [0.717, 1.165) is 12.4 Å². The number of hydrogen-bond donors (Lipinski definition) is 0. The number of fused-ring (bicyclic) bond motifs is 1. The van der Waals surface area contributed by atoms with E-state index >= 15 is 0 Å². The molecule has 0 fully saturated rings. The van der Waals surface area contributed by atoms with Crippen molar-refractivity contribution in [2.24, 2.45) is 0 Å². The maximum atomic E-state index is 14.2. The van der Waals surface area contributed by atoms with Gasteiger partial charge >= 0.3 is 55.3 Å². The predicted molar refractivity (Wildman–Crippen MR) is 239 cm³/mol. The van der Waals surface area contributed by atoms with Gasteiger partial charge < -0.3 is 4.74 Å². The van der Waals surface area contributed by atoms with Crippen LogP contribution in [0, 0.1) is 0 Å². The standard InChI is InChI=1S/C32H12BF24.C20H17N2O/c34-25(35,36)13-1-14(26(37,38)39)6-21(5-13)33(22-7-15(27(40,41)42)2-16(8-22)28(43,44)45,23-9-17(29(46,47)48)3-18(10-23)30(49,50)51)24-11-19(31(52,53)54)4-20(12-24)32(55,56)57;1-2-6-16(7-3-1)15-22-13-12-21-14-20(22)23-19-11-10-17-8-4-5-9-18(17)19/h1-12H;1-14,19H,15H2/q-1;+1. The molecule has 28 heteroatoms. The van der Waals surface area contributed by atoms with E-state index in [1.165, 1.54) is 16.7 Å². The van der Waals surface area contributed by atoms with E-state index in [-0.39, 0.29) is 6.10 Å². The zero-order valence-electron chi connectivity index (χ0n) is 39.2. The molecule has 0 N–H and O–H groups in total. The molecule has 0 aliphatic heterocycles. The molecule has 0 radical (unpaired) electrons. The second-order valence-electron chi connectivity index (χ2n) is 17.8. The fourth-order valence-electron chi connectivity index (χ4n) is 8.90. The van der Waals surface area contributed by atoms with Gasteiger partial charge in [0.15, 0.2) is 12.7 Å². The van der Waals surface area contributed by atoms with Gasteiger partial charge in [0, 0.05) is 11.1 Å². The predicted octanol–water partition coefficient (Wildman–Crippen LogP) is 14.8. The van der Waals surface area contributed by atoms with Gasteiger partial charge in [-0.05, 0) is 35.9 Å². The van der Waals surface area contributed by atoms with E-state index in [1.807, 2.05) is 36.5 Å². The smallest absolute Gasteiger partial charge is 0.416 e.